The lowest BCUT2D eigenvalue weighted by molar-refractivity contribution is 0.669. The van der Waals surface area contributed by atoms with Crippen LogP contribution in [0.15, 0.2) is 178 Å². The SMILES string of the molecule is N=C(N=C(N=Cc1c2ccccc2cc2c1ccc1ccccc12)c1cccc2oc3ccccc3c12)c1ccc(-c2ccccc2)cc1. The standard InChI is InChI=1S/C45H29N3O/c46-44(32-23-21-30(22-24-32)29-11-2-1-3-12-29)48-45(38-18-10-20-42-43(38)37-17-8-9-19-41(37)49-42)47-28-40-35-16-7-5-14-33(35)27-39-34-15-6-4-13-31(34)25-26-36(39)40/h1-28,46H. The third kappa shape index (κ3) is 5.07. The van der Waals surface area contributed by atoms with E-state index in [2.05, 4.69) is 84.9 Å². The van der Waals surface area contributed by atoms with Gasteiger partial charge >= 0.3 is 0 Å². The molecule has 1 heterocycles. The van der Waals surface area contributed by atoms with E-state index in [0.717, 1.165) is 60.4 Å². The third-order valence-electron chi connectivity index (χ3n) is 9.25. The van der Waals surface area contributed by atoms with Gasteiger partial charge in [-0.2, -0.15) is 0 Å². The van der Waals surface area contributed by atoms with Crippen molar-refractivity contribution in [2.45, 2.75) is 0 Å². The number of hydrogen-bond acceptors (Lipinski definition) is 2. The van der Waals surface area contributed by atoms with Gasteiger partial charge in [-0.1, -0.05) is 146 Å². The molecule has 0 radical (unpaired) electrons. The van der Waals surface area contributed by atoms with Gasteiger partial charge in [-0.25, -0.2) is 9.98 Å². The van der Waals surface area contributed by atoms with E-state index < -0.39 is 0 Å². The van der Waals surface area contributed by atoms with E-state index in [-0.39, 0.29) is 5.84 Å². The number of nitrogens with one attached hydrogen (secondary N) is 1. The number of rotatable bonds is 4. The van der Waals surface area contributed by atoms with Gasteiger partial charge in [-0.3, -0.25) is 5.41 Å². The quantitative estimate of drug-likeness (QED) is 0.0897. The van der Waals surface area contributed by atoms with Crippen molar-refractivity contribution in [2.75, 3.05) is 0 Å². The Hall–Kier alpha value is -6.65. The second-order valence-electron chi connectivity index (χ2n) is 12.2. The summed E-state index contributed by atoms with van der Waals surface area (Å²) >= 11 is 0. The smallest absolute Gasteiger partial charge is 0.162 e. The summed E-state index contributed by atoms with van der Waals surface area (Å²) < 4.78 is 6.25. The minimum absolute atomic E-state index is 0.130. The molecule has 8 aromatic carbocycles. The second kappa shape index (κ2) is 11.9. The van der Waals surface area contributed by atoms with Gasteiger partial charge < -0.3 is 4.42 Å². The minimum Gasteiger partial charge on any atom is -0.456 e. The molecule has 49 heavy (non-hydrogen) atoms. The van der Waals surface area contributed by atoms with Crippen molar-refractivity contribution in [3.63, 3.8) is 0 Å². The number of hydrogen-bond donors (Lipinski definition) is 1. The molecule has 0 spiro atoms. The molecule has 0 atom stereocenters. The maximum Gasteiger partial charge on any atom is 0.162 e. The molecule has 0 saturated heterocycles. The Balaban J connectivity index is 1.24. The second-order valence-corrected chi connectivity index (χ2v) is 12.2. The lowest BCUT2D eigenvalue weighted by Crippen LogP contribution is -2.05. The highest BCUT2D eigenvalue weighted by Crippen LogP contribution is 2.34. The number of benzene rings is 8. The molecule has 0 aliphatic heterocycles. The number of para-hydroxylation sites is 1. The van der Waals surface area contributed by atoms with Crippen LogP contribution in [0.5, 0.6) is 0 Å². The van der Waals surface area contributed by atoms with Gasteiger partial charge in [0.25, 0.3) is 0 Å². The fraction of sp³-hybridized carbons (Fsp3) is 0. The summed E-state index contributed by atoms with van der Waals surface area (Å²) in [7, 11) is 0. The predicted molar refractivity (Wildman–Crippen MR) is 206 cm³/mol. The summed E-state index contributed by atoms with van der Waals surface area (Å²) in [5, 5.41) is 18.0. The molecular formula is C45H29N3O. The summed E-state index contributed by atoms with van der Waals surface area (Å²) in [5.41, 5.74) is 6.29. The Morgan fingerprint density at radius 2 is 1.18 bits per heavy atom. The van der Waals surface area contributed by atoms with Gasteiger partial charge in [-0.15, -0.1) is 0 Å². The van der Waals surface area contributed by atoms with E-state index in [9.17, 15) is 0 Å². The van der Waals surface area contributed by atoms with Crippen LogP contribution in [0.25, 0.3) is 65.4 Å². The summed E-state index contributed by atoms with van der Waals surface area (Å²) in [6.07, 6.45) is 1.92. The first-order valence-electron chi connectivity index (χ1n) is 16.3. The van der Waals surface area contributed by atoms with E-state index in [0.29, 0.717) is 11.4 Å². The molecule has 0 aliphatic rings. The van der Waals surface area contributed by atoms with E-state index in [1.165, 1.54) is 16.2 Å². The first kappa shape index (κ1) is 28.6. The Morgan fingerprint density at radius 3 is 2.02 bits per heavy atom. The number of nitrogens with zero attached hydrogens (tertiary/aromatic N) is 2. The van der Waals surface area contributed by atoms with Crippen molar-refractivity contribution in [3.05, 3.63) is 180 Å². The molecule has 4 nitrogen and oxygen atoms in total. The summed E-state index contributed by atoms with van der Waals surface area (Å²) in [5.74, 6) is 0.571. The van der Waals surface area contributed by atoms with Gasteiger partial charge in [0.15, 0.2) is 11.7 Å². The van der Waals surface area contributed by atoms with Crippen LogP contribution >= 0.6 is 0 Å². The molecular weight excluding hydrogens is 599 g/mol. The highest BCUT2D eigenvalue weighted by atomic mass is 16.3. The average Bonchev–Trinajstić information content (AvgIpc) is 3.55. The van der Waals surface area contributed by atoms with E-state index in [1.54, 1.807) is 0 Å². The summed E-state index contributed by atoms with van der Waals surface area (Å²) in [4.78, 5) is 10.1. The van der Waals surface area contributed by atoms with Crippen molar-refractivity contribution in [3.8, 4) is 11.1 Å². The number of fused-ring (bicyclic) bond motifs is 7. The van der Waals surface area contributed by atoms with Crippen molar-refractivity contribution in [2.24, 2.45) is 9.98 Å². The first-order valence-corrected chi connectivity index (χ1v) is 16.3. The fourth-order valence-corrected chi connectivity index (χ4v) is 6.86. The molecule has 0 unspecified atom stereocenters. The van der Waals surface area contributed by atoms with Crippen LogP contribution in [-0.2, 0) is 0 Å². The Morgan fingerprint density at radius 1 is 0.510 bits per heavy atom. The van der Waals surface area contributed by atoms with Gasteiger partial charge in [0.1, 0.15) is 11.2 Å². The zero-order chi connectivity index (χ0) is 32.7. The van der Waals surface area contributed by atoms with E-state index in [4.69, 9.17) is 19.8 Å². The molecule has 0 bridgehead atoms. The predicted octanol–water partition coefficient (Wildman–Crippen LogP) is 11.6. The minimum atomic E-state index is 0.130. The fourth-order valence-electron chi connectivity index (χ4n) is 6.86. The van der Waals surface area contributed by atoms with Gasteiger partial charge in [0.05, 0.1) is 0 Å². The molecule has 0 fully saturated rings. The third-order valence-corrected chi connectivity index (χ3v) is 9.25. The molecule has 1 aromatic heterocycles. The molecule has 1 N–H and O–H groups in total. The summed E-state index contributed by atoms with van der Waals surface area (Å²) in [6, 6.07) is 55.7. The highest BCUT2D eigenvalue weighted by molar-refractivity contribution is 6.25. The lowest BCUT2D eigenvalue weighted by atomic mass is 9.94. The van der Waals surface area contributed by atoms with Crippen LogP contribution in [-0.4, -0.2) is 17.9 Å². The molecule has 230 valence electrons. The van der Waals surface area contributed by atoms with Gasteiger partial charge in [-0.05, 0) is 61.6 Å². The largest absolute Gasteiger partial charge is 0.456 e. The van der Waals surface area contributed by atoms with Crippen LogP contribution < -0.4 is 0 Å². The van der Waals surface area contributed by atoms with Crippen LogP contribution in [0, 0.1) is 5.41 Å². The van der Waals surface area contributed by atoms with Crippen LogP contribution in [0.4, 0.5) is 0 Å². The molecule has 0 amide bonds. The average molecular weight is 628 g/mol. The topological polar surface area (TPSA) is 61.7 Å². The monoisotopic (exact) mass is 627 g/mol. The van der Waals surface area contributed by atoms with Crippen molar-refractivity contribution in [1.82, 2.24) is 0 Å². The van der Waals surface area contributed by atoms with Gasteiger partial charge in [0.2, 0.25) is 0 Å². The molecule has 0 saturated carbocycles. The number of amidine groups is 2. The van der Waals surface area contributed by atoms with Crippen LogP contribution in [0.3, 0.4) is 0 Å². The first-order chi connectivity index (χ1) is 24.2. The normalized spacial score (nSPS) is 12.2. The number of aliphatic imine (C=N–C) groups is 2. The highest BCUT2D eigenvalue weighted by Gasteiger charge is 2.16. The molecule has 4 heteroatoms. The van der Waals surface area contributed by atoms with Crippen LogP contribution in [0.2, 0.25) is 0 Å². The van der Waals surface area contributed by atoms with E-state index in [1.807, 2.05) is 85.1 Å². The van der Waals surface area contributed by atoms with Crippen molar-refractivity contribution >= 4 is 72.1 Å². The van der Waals surface area contributed by atoms with Crippen LogP contribution in [0.1, 0.15) is 16.7 Å². The maximum absolute atomic E-state index is 9.17. The zero-order valence-electron chi connectivity index (χ0n) is 26.5. The van der Waals surface area contributed by atoms with E-state index >= 15 is 0 Å². The Kier molecular flexibility index (Phi) is 6.91. The molecule has 0 aliphatic carbocycles. The summed E-state index contributed by atoms with van der Waals surface area (Å²) in [6.45, 7) is 0. The molecule has 9 aromatic rings. The Bertz CT molecular complexity index is 2770. The maximum atomic E-state index is 9.17. The lowest BCUT2D eigenvalue weighted by Gasteiger charge is -2.11. The zero-order valence-corrected chi connectivity index (χ0v) is 26.5. The number of furan rings is 1. The van der Waals surface area contributed by atoms with Crippen molar-refractivity contribution in [1.29, 1.82) is 5.41 Å². The van der Waals surface area contributed by atoms with Crippen molar-refractivity contribution < 1.29 is 4.42 Å². The molecule has 9 rings (SSSR count). The Labute approximate surface area is 282 Å². The van der Waals surface area contributed by atoms with Gasteiger partial charge in [0, 0.05) is 33.7 Å².